The number of hydrogen-bond acceptors (Lipinski definition) is 4. The minimum atomic E-state index is -3.28. The van der Waals surface area contributed by atoms with Gasteiger partial charge in [0, 0.05) is 36.3 Å². The molecule has 2 saturated carbocycles. The van der Waals surface area contributed by atoms with Crippen LogP contribution in [0.4, 0.5) is 8.78 Å². The number of benzene rings is 1. The highest BCUT2D eigenvalue weighted by Gasteiger charge is 2.39. The van der Waals surface area contributed by atoms with Crippen LogP contribution in [-0.2, 0) is 15.7 Å². The van der Waals surface area contributed by atoms with E-state index in [4.69, 9.17) is 4.74 Å². The fourth-order valence-corrected chi connectivity index (χ4v) is 3.63. The molecule has 0 unspecified atom stereocenters. The van der Waals surface area contributed by atoms with Gasteiger partial charge in [-0.15, -0.1) is 0 Å². The molecule has 8 heteroatoms. The van der Waals surface area contributed by atoms with Crippen molar-refractivity contribution in [3.63, 3.8) is 0 Å². The number of aromatic nitrogens is 2. The number of sulfone groups is 1. The van der Waals surface area contributed by atoms with Crippen LogP contribution in [0.2, 0.25) is 0 Å². The summed E-state index contributed by atoms with van der Waals surface area (Å²) in [6, 6.07) is 3.01. The Hall–Kier alpha value is -1.96. The van der Waals surface area contributed by atoms with Gasteiger partial charge in [0.25, 0.3) is 0 Å². The Kier molecular flexibility index (Phi) is 3.82. The van der Waals surface area contributed by atoms with Crippen molar-refractivity contribution in [2.75, 3.05) is 6.26 Å². The van der Waals surface area contributed by atoms with E-state index in [1.807, 2.05) is 0 Å². The molecule has 4 rings (SSSR count). The van der Waals surface area contributed by atoms with E-state index in [2.05, 4.69) is 5.10 Å². The molecule has 0 bridgehead atoms. The maximum absolute atomic E-state index is 13.5. The van der Waals surface area contributed by atoms with Crippen molar-refractivity contribution in [3.05, 3.63) is 41.2 Å². The molecule has 1 aromatic heterocycles. The van der Waals surface area contributed by atoms with Gasteiger partial charge in [-0.05, 0) is 25.7 Å². The standard InChI is InChI=1S/C17H18F2N2O3S/c1-25(22,23)9-21-16(11-4-5-11)17(15(20-21)10-2-3-10)24-14-7-12(18)6-13(19)8-14/h6-8,10-11H,2-5,9H2,1H3. The maximum atomic E-state index is 13.5. The predicted molar refractivity (Wildman–Crippen MR) is 87.5 cm³/mol. The van der Waals surface area contributed by atoms with Gasteiger partial charge in [0.05, 0.1) is 5.69 Å². The van der Waals surface area contributed by atoms with Crippen LogP contribution < -0.4 is 4.74 Å². The van der Waals surface area contributed by atoms with E-state index in [1.54, 1.807) is 0 Å². The second-order valence-corrected chi connectivity index (χ2v) is 9.02. The van der Waals surface area contributed by atoms with Crippen molar-refractivity contribution in [3.8, 4) is 11.5 Å². The zero-order chi connectivity index (χ0) is 17.8. The molecule has 0 radical (unpaired) electrons. The monoisotopic (exact) mass is 368 g/mol. The van der Waals surface area contributed by atoms with Gasteiger partial charge in [0.1, 0.15) is 29.0 Å². The normalized spacial score (nSPS) is 17.7. The summed E-state index contributed by atoms with van der Waals surface area (Å²) in [7, 11) is -3.28. The van der Waals surface area contributed by atoms with Gasteiger partial charge in [0.2, 0.25) is 0 Å². The summed E-state index contributed by atoms with van der Waals surface area (Å²) in [5, 5.41) is 4.48. The predicted octanol–water partition coefficient (Wildman–Crippen LogP) is 3.71. The highest BCUT2D eigenvalue weighted by molar-refractivity contribution is 7.89. The van der Waals surface area contributed by atoms with Gasteiger partial charge in [0.15, 0.2) is 15.6 Å². The molecule has 0 N–H and O–H groups in total. The highest BCUT2D eigenvalue weighted by atomic mass is 32.2. The molecule has 1 heterocycles. The molecule has 0 spiro atoms. The third-order valence-electron chi connectivity index (χ3n) is 4.31. The molecule has 0 aliphatic heterocycles. The lowest BCUT2D eigenvalue weighted by molar-refractivity contribution is 0.456. The third-order valence-corrected chi connectivity index (χ3v) is 5.03. The number of hydrogen-bond donors (Lipinski definition) is 0. The summed E-state index contributed by atoms with van der Waals surface area (Å²) in [4.78, 5) is 0. The molecule has 5 nitrogen and oxygen atoms in total. The smallest absolute Gasteiger partial charge is 0.172 e. The van der Waals surface area contributed by atoms with E-state index in [-0.39, 0.29) is 23.5 Å². The minimum absolute atomic E-state index is 0.0557. The molecular formula is C17H18F2N2O3S. The summed E-state index contributed by atoms with van der Waals surface area (Å²) < 4.78 is 57.8. The first-order valence-corrected chi connectivity index (χ1v) is 10.3. The first-order chi connectivity index (χ1) is 11.8. The van der Waals surface area contributed by atoms with Gasteiger partial charge in [-0.1, -0.05) is 0 Å². The summed E-state index contributed by atoms with van der Waals surface area (Å²) in [5.74, 6) is -0.751. The van der Waals surface area contributed by atoms with Crippen molar-refractivity contribution in [2.24, 2.45) is 0 Å². The molecule has 134 valence electrons. The van der Waals surface area contributed by atoms with Crippen molar-refractivity contribution in [1.29, 1.82) is 0 Å². The van der Waals surface area contributed by atoms with Crippen molar-refractivity contribution < 1.29 is 21.9 Å². The number of ether oxygens (including phenoxy) is 1. The van der Waals surface area contributed by atoms with Gasteiger partial charge < -0.3 is 4.74 Å². The zero-order valence-corrected chi connectivity index (χ0v) is 14.5. The molecule has 2 fully saturated rings. The van der Waals surface area contributed by atoms with E-state index in [0.717, 1.165) is 55.8 Å². The quantitative estimate of drug-likeness (QED) is 0.780. The maximum Gasteiger partial charge on any atom is 0.172 e. The summed E-state index contributed by atoms with van der Waals surface area (Å²) in [5.41, 5.74) is 1.41. The van der Waals surface area contributed by atoms with E-state index < -0.39 is 21.5 Å². The van der Waals surface area contributed by atoms with Gasteiger partial charge in [-0.3, -0.25) is 0 Å². The van der Waals surface area contributed by atoms with Crippen LogP contribution in [0.25, 0.3) is 0 Å². The van der Waals surface area contributed by atoms with Crippen molar-refractivity contribution in [2.45, 2.75) is 43.4 Å². The fraction of sp³-hybridized carbons (Fsp3) is 0.471. The van der Waals surface area contributed by atoms with Gasteiger partial charge in [-0.2, -0.15) is 5.10 Å². The molecule has 0 atom stereocenters. The van der Waals surface area contributed by atoms with E-state index in [0.29, 0.717) is 11.4 Å². The van der Waals surface area contributed by atoms with Gasteiger partial charge in [-0.25, -0.2) is 21.9 Å². The second kappa shape index (κ2) is 5.79. The number of rotatable bonds is 6. The largest absolute Gasteiger partial charge is 0.453 e. The first kappa shape index (κ1) is 16.5. The molecule has 2 aliphatic rings. The van der Waals surface area contributed by atoms with Crippen LogP contribution in [0.15, 0.2) is 18.2 Å². The van der Waals surface area contributed by atoms with Crippen LogP contribution in [0.5, 0.6) is 11.5 Å². The number of halogens is 2. The van der Waals surface area contributed by atoms with Crippen LogP contribution in [0.1, 0.15) is 48.9 Å². The first-order valence-electron chi connectivity index (χ1n) is 8.22. The van der Waals surface area contributed by atoms with E-state index in [1.165, 1.54) is 4.68 Å². The SMILES string of the molecule is CS(=O)(=O)Cn1nc(C2CC2)c(Oc2cc(F)cc(F)c2)c1C1CC1. The number of nitrogens with zero attached hydrogens (tertiary/aromatic N) is 2. The van der Waals surface area contributed by atoms with Crippen LogP contribution in [0.3, 0.4) is 0 Å². The summed E-state index contributed by atoms with van der Waals surface area (Å²) in [6.45, 7) is 0. The molecular weight excluding hydrogens is 350 g/mol. The van der Waals surface area contributed by atoms with E-state index in [9.17, 15) is 17.2 Å². The van der Waals surface area contributed by atoms with Crippen molar-refractivity contribution >= 4 is 9.84 Å². The Morgan fingerprint density at radius 2 is 1.72 bits per heavy atom. The molecule has 0 saturated heterocycles. The molecule has 0 amide bonds. The summed E-state index contributed by atoms with van der Waals surface area (Å²) in [6.07, 6.45) is 4.91. The van der Waals surface area contributed by atoms with E-state index >= 15 is 0 Å². The zero-order valence-electron chi connectivity index (χ0n) is 13.7. The molecule has 2 aliphatic carbocycles. The van der Waals surface area contributed by atoms with Gasteiger partial charge >= 0.3 is 0 Å². The third kappa shape index (κ3) is 3.68. The molecule has 1 aromatic carbocycles. The van der Waals surface area contributed by atoms with Crippen LogP contribution in [0, 0.1) is 11.6 Å². The average Bonchev–Trinajstić information content (AvgIpc) is 3.37. The minimum Gasteiger partial charge on any atom is -0.453 e. The van der Waals surface area contributed by atoms with Crippen LogP contribution in [-0.4, -0.2) is 24.5 Å². The topological polar surface area (TPSA) is 61.2 Å². The van der Waals surface area contributed by atoms with Crippen molar-refractivity contribution in [1.82, 2.24) is 9.78 Å². The Morgan fingerprint density at radius 3 is 2.24 bits per heavy atom. The molecule has 25 heavy (non-hydrogen) atoms. The Morgan fingerprint density at radius 1 is 1.12 bits per heavy atom. The Balaban J connectivity index is 1.79. The lowest BCUT2D eigenvalue weighted by Crippen LogP contribution is -2.13. The Labute approximate surface area is 144 Å². The lowest BCUT2D eigenvalue weighted by atomic mass is 10.2. The lowest BCUT2D eigenvalue weighted by Gasteiger charge is -2.10. The average molecular weight is 368 g/mol. The summed E-state index contributed by atoms with van der Waals surface area (Å²) >= 11 is 0. The molecule has 2 aromatic rings. The second-order valence-electron chi connectivity index (χ2n) is 6.91. The van der Waals surface area contributed by atoms with Crippen LogP contribution >= 0.6 is 0 Å². The fourth-order valence-electron chi connectivity index (χ4n) is 2.98. The highest BCUT2D eigenvalue weighted by Crippen LogP contribution is 2.52. The Bertz CT molecular complexity index is 911.